The zero-order valence-electron chi connectivity index (χ0n) is 15.2. The topological polar surface area (TPSA) is 127 Å². The second kappa shape index (κ2) is 8.81. The lowest BCUT2D eigenvalue weighted by Gasteiger charge is -2.17. The second-order valence-electron chi connectivity index (χ2n) is 5.51. The van der Waals surface area contributed by atoms with Gasteiger partial charge in [-0.15, -0.1) is 0 Å². The molecule has 0 saturated carbocycles. The quantitative estimate of drug-likeness (QED) is 0.695. The Bertz CT molecular complexity index is 931. The van der Waals surface area contributed by atoms with E-state index in [2.05, 4.69) is 0 Å². The Labute approximate surface area is 160 Å². The van der Waals surface area contributed by atoms with Gasteiger partial charge in [-0.2, -0.15) is 0 Å². The summed E-state index contributed by atoms with van der Waals surface area (Å²) in [5, 5.41) is 19.1. The van der Waals surface area contributed by atoms with E-state index in [0.29, 0.717) is 5.56 Å². The van der Waals surface area contributed by atoms with Crippen molar-refractivity contribution in [3.8, 4) is 11.1 Å². The SMILES string of the molecule is CCOC(=O)c1c(-c2ccccc2)cc(C(=O)O)c(C(=O)O)c1C(=O)OCC. The molecule has 0 aromatic heterocycles. The number of hydrogen-bond donors (Lipinski definition) is 2. The van der Waals surface area contributed by atoms with Crippen LogP contribution in [0.2, 0.25) is 0 Å². The minimum absolute atomic E-state index is 0.0294. The first-order valence-corrected chi connectivity index (χ1v) is 8.40. The van der Waals surface area contributed by atoms with E-state index in [0.717, 1.165) is 6.07 Å². The number of carbonyl (C=O) groups excluding carboxylic acids is 2. The molecule has 2 aromatic rings. The Morgan fingerprint density at radius 2 is 1.32 bits per heavy atom. The van der Waals surface area contributed by atoms with E-state index in [-0.39, 0.29) is 24.3 Å². The summed E-state index contributed by atoms with van der Waals surface area (Å²) in [5.41, 5.74) is -1.99. The third kappa shape index (κ3) is 4.01. The number of benzene rings is 2. The molecule has 0 aliphatic heterocycles. The van der Waals surface area contributed by atoms with E-state index in [1.165, 1.54) is 6.92 Å². The van der Waals surface area contributed by atoms with E-state index < -0.39 is 40.6 Å². The van der Waals surface area contributed by atoms with Gasteiger partial charge in [0, 0.05) is 0 Å². The van der Waals surface area contributed by atoms with Gasteiger partial charge in [0.15, 0.2) is 0 Å². The fourth-order valence-corrected chi connectivity index (χ4v) is 2.74. The molecule has 8 heteroatoms. The van der Waals surface area contributed by atoms with Crippen LogP contribution >= 0.6 is 0 Å². The predicted molar refractivity (Wildman–Crippen MR) is 97.7 cm³/mol. The van der Waals surface area contributed by atoms with Crippen molar-refractivity contribution in [3.63, 3.8) is 0 Å². The van der Waals surface area contributed by atoms with Crippen molar-refractivity contribution in [2.75, 3.05) is 13.2 Å². The molecule has 2 rings (SSSR count). The highest BCUT2D eigenvalue weighted by atomic mass is 16.5. The van der Waals surface area contributed by atoms with Crippen LogP contribution in [0.4, 0.5) is 0 Å². The maximum atomic E-state index is 12.7. The molecule has 146 valence electrons. The molecular formula is C20H18O8. The lowest BCUT2D eigenvalue weighted by molar-refractivity contribution is 0.0473. The predicted octanol–water partition coefficient (Wildman–Crippen LogP) is 3.10. The second-order valence-corrected chi connectivity index (χ2v) is 5.51. The van der Waals surface area contributed by atoms with Crippen molar-refractivity contribution in [1.82, 2.24) is 0 Å². The third-order valence-electron chi connectivity index (χ3n) is 3.82. The Hall–Kier alpha value is -3.68. The summed E-state index contributed by atoms with van der Waals surface area (Å²) in [7, 11) is 0. The first-order valence-electron chi connectivity index (χ1n) is 8.40. The highest BCUT2D eigenvalue weighted by Crippen LogP contribution is 2.33. The normalized spacial score (nSPS) is 10.2. The highest BCUT2D eigenvalue weighted by Gasteiger charge is 2.34. The lowest BCUT2D eigenvalue weighted by atomic mass is 9.88. The molecule has 2 aromatic carbocycles. The molecule has 0 aliphatic rings. The van der Waals surface area contributed by atoms with Crippen LogP contribution in [0.15, 0.2) is 36.4 Å². The van der Waals surface area contributed by atoms with Crippen LogP contribution in [-0.4, -0.2) is 47.3 Å². The van der Waals surface area contributed by atoms with Crippen LogP contribution in [0.25, 0.3) is 11.1 Å². The summed E-state index contributed by atoms with van der Waals surface area (Å²) in [6.07, 6.45) is 0. The number of rotatable bonds is 7. The molecule has 0 fully saturated rings. The molecule has 0 aliphatic carbocycles. The molecular weight excluding hydrogens is 368 g/mol. The number of aromatic carboxylic acids is 2. The van der Waals surface area contributed by atoms with Crippen LogP contribution < -0.4 is 0 Å². The first kappa shape index (κ1) is 20.6. The number of carboxylic acids is 2. The zero-order valence-corrected chi connectivity index (χ0v) is 15.2. The molecule has 0 saturated heterocycles. The zero-order chi connectivity index (χ0) is 20.8. The summed E-state index contributed by atoms with van der Waals surface area (Å²) < 4.78 is 9.92. The van der Waals surface area contributed by atoms with Crippen molar-refractivity contribution >= 4 is 23.9 Å². The number of esters is 2. The number of hydrogen-bond acceptors (Lipinski definition) is 6. The third-order valence-corrected chi connectivity index (χ3v) is 3.82. The molecule has 2 N–H and O–H groups in total. The maximum absolute atomic E-state index is 12.7. The van der Waals surface area contributed by atoms with E-state index in [1.54, 1.807) is 37.3 Å². The minimum atomic E-state index is -1.68. The molecule has 0 radical (unpaired) electrons. The van der Waals surface area contributed by atoms with E-state index >= 15 is 0 Å². The van der Waals surface area contributed by atoms with Gasteiger partial charge in [-0.05, 0) is 31.0 Å². The lowest BCUT2D eigenvalue weighted by Crippen LogP contribution is -2.23. The van der Waals surface area contributed by atoms with Gasteiger partial charge < -0.3 is 19.7 Å². The van der Waals surface area contributed by atoms with Crippen LogP contribution in [-0.2, 0) is 9.47 Å². The van der Waals surface area contributed by atoms with E-state index in [4.69, 9.17) is 9.47 Å². The maximum Gasteiger partial charge on any atom is 0.339 e. The van der Waals surface area contributed by atoms with Gasteiger partial charge in [-0.25, -0.2) is 19.2 Å². The molecule has 0 bridgehead atoms. The minimum Gasteiger partial charge on any atom is -0.478 e. The monoisotopic (exact) mass is 386 g/mol. The van der Waals surface area contributed by atoms with Crippen LogP contribution in [0.5, 0.6) is 0 Å². The Balaban J connectivity index is 3.03. The Kier molecular flexibility index (Phi) is 6.49. The summed E-state index contributed by atoms with van der Waals surface area (Å²) in [6.45, 7) is 2.92. The van der Waals surface area contributed by atoms with Crippen molar-refractivity contribution in [3.05, 3.63) is 58.7 Å². The van der Waals surface area contributed by atoms with Gasteiger partial charge in [0.25, 0.3) is 0 Å². The van der Waals surface area contributed by atoms with E-state index in [1.807, 2.05) is 0 Å². The smallest absolute Gasteiger partial charge is 0.339 e. The van der Waals surface area contributed by atoms with Gasteiger partial charge in [0.2, 0.25) is 0 Å². The Morgan fingerprint density at radius 3 is 1.79 bits per heavy atom. The fourth-order valence-electron chi connectivity index (χ4n) is 2.74. The number of carbonyl (C=O) groups is 4. The molecule has 28 heavy (non-hydrogen) atoms. The van der Waals surface area contributed by atoms with E-state index in [9.17, 15) is 29.4 Å². The van der Waals surface area contributed by atoms with Crippen LogP contribution in [0.1, 0.15) is 55.3 Å². The number of ether oxygens (including phenoxy) is 2. The molecule has 0 heterocycles. The molecule has 0 unspecified atom stereocenters. The summed E-state index contributed by atoms with van der Waals surface area (Å²) >= 11 is 0. The van der Waals surface area contributed by atoms with Gasteiger partial charge in [0.1, 0.15) is 0 Å². The standard InChI is InChI=1S/C20H18O8/c1-3-27-19(25)15-12(11-8-6-5-7-9-11)10-13(17(21)22)14(18(23)24)16(15)20(26)28-4-2/h5-10H,3-4H2,1-2H3,(H,21,22)(H,23,24). The summed E-state index contributed by atoms with van der Waals surface area (Å²) in [4.78, 5) is 48.8. The molecule has 0 spiro atoms. The van der Waals surface area contributed by atoms with Crippen molar-refractivity contribution in [1.29, 1.82) is 0 Å². The molecule has 8 nitrogen and oxygen atoms in total. The van der Waals surface area contributed by atoms with Crippen LogP contribution in [0.3, 0.4) is 0 Å². The van der Waals surface area contributed by atoms with Crippen LogP contribution in [0, 0.1) is 0 Å². The summed E-state index contributed by atoms with van der Waals surface area (Å²) in [5.74, 6) is -5.31. The summed E-state index contributed by atoms with van der Waals surface area (Å²) in [6, 6.07) is 9.26. The molecule has 0 atom stereocenters. The van der Waals surface area contributed by atoms with Crippen molar-refractivity contribution < 1.29 is 38.9 Å². The highest BCUT2D eigenvalue weighted by molar-refractivity contribution is 6.17. The van der Waals surface area contributed by atoms with Gasteiger partial charge in [-0.3, -0.25) is 0 Å². The first-order chi connectivity index (χ1) is 13.3. The number of carboxylic acid groups (broad SMARTS) is 2. The molecule has 0 amide bonds. The van der Waals surface area contributed by atoms with Gasteiger partial charge in [-0.1, -0.05) is 30.3 Å². The average molecular weight is 386 g/mol. The fraction of sp³-hybridized carbons (Fsp3) is 0.200. The van der Waals surface area contributed by atoms with Crippen molar-refractivity contribution in [2.24, 2.45) is 0 Å². The Morgan fingerprint density at radius 1 is 0.786 bits per heavy atom. The van der Waals surface area contributed by atoms with Crippen molar-refractivity contribution in [2.45, 2.75) is 13.8 Å². The largest absolute Gasteiger partial charge is 0.478 e. The average Bonchev–Trinajstić information content (AvgIpc) is 2.67. The van der Waals surface area contributed by atoms with Gasteiger partial charge in [0.05, 0.1) is 35.5 Å². The van der Waals surface area contributed by atoms with Gasteiger partial charge >= 0.3 is 23.9 Å².